The first-order valence-electron chi connectivity index (χ1n) is 9.99. The van der Waals surface area contributed by atoms with Gasteiger partial charge in [0.2, 0.25) is 0 Å². The number of aromatic nitrogens is 2. The van der Waals surface area contributed by atoms with Gasteiger partial charge in [0, 0.05) is 34.7 Å². The molecule has 2 aromatic heterocycles. The number of urea groups is 1. The van der Waals surface area contributed by atoms with Crippen LogP contribution in [0.25, 0.3) is 5.13 Å². The molecule has 8 heteroatoms. The van der Waals surface area contributed by atoms with Crippen LogP contribution in [0.3, 0.4) is 0 Å². The Hall–Kier alpha value is -3.13. The molecule has 0 saturated heterocycles. The van der Waals surface area contributed by atoms with Crippen LogP contribution in [0.15, 0.2) is 41.9 Å². The molecule has 1 saturated carbocycles. The van der Waals surface area contributed by atoms with Gasteiger partial charge in [0.1, 0.15) is 0 Å². The number of benzene rings is 1. The molecule has 7 nitrogen and oxygen atoms in total. The number of nitrogens with zero attached hydrogens (tertiary/aromatic N) is 2. The molecule has 1 unspecified atom stereocenters. The topological polar surface area (TPSA) is 88.0 Å². The molecule has 1 aromatic carbocycles. The summed E-state index contributed by atoms with van der Waals surface area (Å²) in [5.41, 5.74) is 4.17. The fraction of sp³-hybridized carbons (Fsp3) is 0.318. The minimum Gasteiger partial charge on any atom is -0.345 e. The van der Waals surface area contributed by atoms with Gasteiger partial charge in [0.25, 0.3) is 5.91 Å². The van der Waals surface area contributed by atoms with Crippen molar-refractivity contribution in [2.24, 2.45) is 0 Å². The molecule has 0 radical (unpaired) electrons. The highest BCUT2D eigenvalue weighted by Gasteiger charge is 2.23. The zero-order valence-corrected chi connectivity index (χ0v) is 18.0. The van der Waals surface area contributed by atoms with Gasteiger partial charge in [-0.05, 0) is 57.4 Å². The SMILES string of the molecule is Cc1cc(C(=O)NC(C)c2ccc(NC(=O)NC3CC3)cc2)c(C)n1-c1nccs1. The molecule has 0 spiro atoms. The minimum absolute atomic E-state index is 0.121. The molecule has 0 aliphatic heterocycles. The Morgan fingerprint density at radius 1 is 1.20 bits per heavy atom. The van der Waals surface area contributed by atoms with Gasteiger partial charge in [-0.1, -0.05) is 12.1 Å². The average Bonchev–Trinajstić information content (AvgIpc) is 3.25. The van der Waals surface area contributed by atoms with Crippen molar-refractivity contribution in [3.05, 3.63) is 64.4 Å². The van der Waals surface area contributed by atoms with Crippen LogP contribution < -0.4 is 16.0 Å². The maximum Gasteiger partial charge on any atom is 0.319 e. The third kappa shape index (κ3) is 4.38. The standard InChI is InChI=1S/C22H25N5O2S/c1-13-12-19(15(3)27(13)22-23-10-11-30-22)20(28)24-14(2)16-4-6-17(7-5-16)25-21(29)26-18-8-9-18/h4-7,10-12,14,18H,8-9H2,1-3H3,(H,24,28)(H2,25,26,29). The van der Waals surface area contributed by atoms with Crippen LogP contribution in [0.2, 0.25) is 0 Å². The van der Waals surface area contributed by atoms with E-state index in [1.165, 1.54) is 11.3 Å². The largest absolute Gasteiger partial charge is 0.345 e. The summed E-state index contributed by atoms with van der Waals surface area (Å²) in [4.78, 5) is 29.1. The smallest absolute Gasteiger partial charge is 0.319 e. The maximum absolute atomic E-state index is 12.9. The van der Waals surface area contributed by atoms with Gasteiger partial charge in [-0.15, -0.1) is 11.3 Å². The van der Waals surface area contributed by atoms with E-state index in [2.05, 4.69) is 20.9 Å². The number of aryl methyl sites for hydroxylation is 1. The Balaban J connectivity index is 1.41. The highest BCUT2D eigenvalue weighted by molar-refractivity contribution is 7.12. The highest BCUT2D eigenvalue weighted by Crippen LogP contribution is 2.24. The molecule has 1 fully saturated rings. The number of hydrogen-bond donors (Lipinski definition) is 3. The van der Waals surface area contributed by atoms with Crippen LogP contribution in [-0.2, 0) is 0 Å². The molecule has 1 aliphatic rings. The first kappa shape index (κ1) is 20.2. The van der Waals surface area contributed by atoms with E-state index in [0.29, 0.717) is 11.6 Å². The lowest BCUT2D eigenvalue weighted by molar-refractivity contribution is 0.0939. The van der Waals surface area contributed by atoms with Crippen molar-refractivity contribution in [2.45, 2.75) is 45.7 Å². The first-order valence-corrected chi connectivity index (χ1v) is 10.9. The summed E-state index contributed by atoms with van der Waals surface area (Å²) in [5, 5.41) is 11.6. The van der Waals surface area contributed by atoms with E-state index in [9.17, 15) is 9.59 Å². The second kappa shape index (κ2) is 8.31. The van der Waals surface area contributed by atoms with E-state index in [0.717, 1.165) is 40.6 Å². The molecule has 1 atom stereocenters. The third-order valence-electron chi connectivity index (χ3n) is 5.22. The zero-order valence-electron chi connectivity index (χ0n) is 17.2. The van der Waals surface area contributed by atoms with Crippen molar-refractivity contribution in [2.75, 3.05) is 5.32 Å². The third-order valence-corrected chi connectivity index (χ3v) is 5.97. The van der Waals surface area contributed by atoms with Crippen LogP contribution >= 0.6 is 11.3 Å². The molecule has 4 rings (SSSR count). The van der Waals surface area contributed by atoms with E-state index in [-0.39, 0.29) is 18.0 Å². The molecule has 0 bridgehead atoms. The van der Waals surface area contributed by atoms with E-state index in [1.54, 1.807) is 6.20 Å². The predicted octanol–water partition coefficient (Wildman–Crippen LogP) is 4.33. The maximum atomic E-state index is 12.9. The number of hydrogen-bond acceptors (Lipinski definition) is 4. The summed E-state index contributed by atoms with van der Waals surface area (Å²) in [6.07, 6.45) is 3.86. The second-order valence-corrected chi connectivity index (χ2v) is 8.50. The Bertz CT molecular complexity index is 1050. The van der Waals surface area contributed by atoms with Gasteiger partial charge in [-0.3, -0.25) is 9.36 Å². The van der Waals surface area contributed by atoms with Gasteiger partial charge in [-0.2, -0.15) is 0 Å². The first-order chi connectivity index (χ1) is 14.4. The van der Waals surface area contributed by atoms with Crippen LogP contribution in [-0.4, -0.2) is 27.5 Å². The van der Waals surface area contributed by atoms with Crippen LogP contribution in [0.5, 0.6) is 0 Å². The number of carbonyl (C=O) groups is 2. The van der Waals surface area contributed by atoms with Crippen LogP contribution in [0.1, 0.15) is 53.1 Å². The van der Waals surface area contributed by atoms with E-state index >= 15 is 0 Å². The molecule has 156 valence electrons. The van der Waals surface area contributed by atoms with Gasteiger partial charge in [0.15, 0.2) is 5.13 Å². The number of rotatable bonds is 6. The lowest BCUT2D eigenvalue weighted by atomic mass is 10.1. The van der Waals surface area contributed by atoms with Crippen molar-refractivity contribution in [3.8, 4) is 5.13 Å². The number of carbonyl (C=O) groups excluding carboxylic acids is 2. The van der Waals surface area contributed by atoms with Gasteiger partial charge >= 0.3 is 6.03 Å². The van der Waals surface area contributed by atoms with E-state index in [1.807, 2.05) is 61.1 Å². The highest BCUT2D eigenvalue weighted by atomic mass is 32.1. The Labute approximate surface area is 179 Å². The van der Waals surface area contributed by atoms with Gasteiger partial charge in [0.05, 0.1) is 11.6 Å². The number of anilines is 1. The molecule has 1 aliphatic carbocycles. The van der Waals surface area contributed by atoms with Crippen molar-refractivity contribution in [1.82, 2.24) is 20.2 Å². The van der Waals surface area contributed by atoms with Crippen molar-refractivity contribution < 1.29 is 9.59 Å². The molecular formula is C22H25N5O2S. The number of amides is 3. The summed E-state index contributed by atoms with van der Waals surface area (Å²) >= 11 is 1.54. The Morgan fingerprint density at radius 3 is 2.57 bits per heavy atom. The molecule has 3 aromatic rings. The Morgan fingerprint density at radius 2 is 1.93 bits per heavy atom. The summed E-state index contributed by atoms with van der Waals surface area (Å²) in [5.74, 6) is -0.121. The monoisotopic (exact) mass is 423 g/mol. The van der Waals surface area contributed by atoms with Crippen molar-refractivity contribution >= 4 is 29.0 Å². The fourth-order valence-corrected chi connectivity index (χ4v) is 4.16. The summed E-state index contributed by atoms with van der Waals surface area (Å²) in [6, 6.07) is 9.38. The second-order valence-electron chi connectivity index (χ2n) is 7.62. The number of nitrogens with one attached hydrogen (secondary N) is 3. The summed E-state index contributed by atoms with van der Waals surface area (Å²) < 4.78 is 2.00. The molecule has 2 heterocycles. The minimum atomic E-state index is -0.179. The fourth-order valence-electron chi connectivity index (χ4n) is 3.41. The quantitative estimate of drug-likeness (QED) is 0.552. The lowest BCUT2D eigenvalue weighted by Crippen LogP contribution is -2.30. The zero-order chi connectivity index (χ0) is 21.3. The summed E-state index contributed by atoms with van der Waals surface area (Å²) in [7, 11) is 0. The van der Waals surface area contributed by atoms with E-state index in [4.69, 9.17) is 0 Å². The normalized spacial score (nSPS) is 14.2. The molecule has 30 heavy (non-hydrogen) atoms. The van der Waals surface area contributed by atoms with Crippen molar-refractivity contribution in [1.29, 1.82) is 0 Å². The lowest BCUT2D eigenvalue weighted by Gasteiger charge is -2.15. The predicted molar refractivity (Wildman–Crippen MR) is 118 cm³/mol. The van der Waals surface area contributed by atoms with Gasteiger partial charge < -0.3 is 16.0 Å². The van der Waals surface area contributed by atoms with Crippen molar-refractivity contribution in [3.63, 3.8) is 0 Å². The molecular weight excluding hydrogens is 398 g/mol. The molecule has 3 amide bonds. The molecule has 3 N–H and O–H groups in total. The van der Waals surface area contributed by atoms with Crippen LogP contribution in [0, 0.1) is 13.8 Å². The van der Waals surface area contributed by atoms with Gasteiger partial charge in [-0.25, -0.2) is 9.78 Å². The van der Waals surface area contributed by atoms with E-state index < -0.39 is 0 Å². The average molecular weight is 424 g/mol. The Kier molecular flexibility index (Phi) is 5.59. The summed E-state index contributed by atoms with van der Waals surface area (Å²) in [6.45, 7) is 5.85. The number of thiazole rings is 1. The van der Waals surface area contributed by atoms with Crippen LogP contribution in [0.4, 0.5) is 10.5 Å².